The van der Waals surface area contributed by atoms with Crippen molar-refractivity contribution in [2.45, 2.75) is 39.7 Å². The largest absolute Gasteiger partial charge is 0.313 e. The highest BCUT2D eigenvalue weighted by Gasteiger charge is 2.27. The van der Waals surface area contributed by atoms with Gasteiger partial charge in [0.1, 0.15) is 0 Å². The molecule has 0 amide bonds. The van der Waals surface area contributed by atoms with Crippen molar-refractivity contribution in [3.8, 4) is 0 Å². The lowest BCUT2D eigenvalue weighted by Crippen LogP contribution is -2.37. The van der Waals surface area contributed by atoms with Gasteiger partial charge in [0, 0.05) is 25.7 Å². The van der Waals surface area contributed by atoms with E-state index in [1.807, 2.05) is 0 Å². The lowest BCUT2D eigenvalue weighted by atomic mass is 10.1. The first kappa shape index (κ1) is 13.9. The van der Waals surface area contributed by atoms with Crippen molar-refractivity contribution in [1.82, 2.24) is 9.62 Å². The van der Waals surface area contributed by atoms with Crippen molar-refractivity contribution in [2.75, 3.05) is 25.4 Å². The zero-order valence-electron chi connectivity index (χ0n) is 10.6. The monoisotopic (exact) mass is 248 g/mol. The van der Waals surface area contributed by atoms with Crippen LogP contribution in [0.5, 0.6) is 0 Å². The molecule has 4 nitrogen and oxygen atoms in total. The van der Waals surface area contributed by atoms with E-state index in [1.54, 1.807) is 4.31 Å². The van der Waals surface area contributed by atoms with E-state index in [-0.39, 0.29) is 0 Å². The Balaban J connectivity index is 2.21. The van der Waals surface area contributed by atoms with Gasteiger partial charge < -0.3 is 5.32 Å². The Morgan fingerprint density at radius 2 is 2.00 bits per heavy atom. The maximum Gasteiger partial charge on any atom is 0.214 e. The minimum absolute atomic E-state index is 0.328. The second-order valence-corrected chi connectivity index (χ2v) is 7.14. The van der Waals surface area contributed by atoms with Crippen molar-refractivity contribution < 1.29 is 8.42 Å². The van der Waals surface area contributed by atoms with Gasteiger partial charge in [0.2, 0.25) is 10.0 Å². The van der Waals surface area contributed by atoms with Gasteiger partial charge in [-0.15, -0.1) is 0 Å². The zero-order valence-corrected chi connectivity index (χ0v) is 11.4. The van der Waals surface area contributed by atoms with E-state index in [2.05, 4.69) is 26.1 Å². The van der Waals surface area contributed by atoms with Gasteiger partial charge in [0.05, 0.1) is 5.75 Å². The van der Waals surface area contributed by atoms with Crippen molar-refractivity contribution in [3.63, 3.8) is 0 Å². The van der Waals surface area contributed by atoms with E-state index in [4.69, 9.17) is 0 Å². The number of nitrogens with zero attached hydrogens (tertiary/aromatic N) is 1. The molecule has 0 aromatic heterocycles. The van der Waals surface area contributed by atoms with Crippen LogP contribution in [-0.4, -0.2) is 44.2 Å². The fourth-order valence-corrected chi connectivity index (χ4v) is 3.70. The van der Waals surface area contributed by atoms with Gasteiger partial charge >= 0.3 is 0 Å². The maximum absolute atomic E-state index is 11.5. The Morgan fingerprint density at radius 3 is 2.50 bits per heavy atom. The van der Waals surface area contributed by atoms with Crippen molar-refractivity contribution in [2.24, 2.45) is 5.92 Å². The molecular formula is C11H24N2O2S. The lowest BCUT2D eigenvalue weighted by molar-refractivity contribution is 0.395. The highest BCUT2D eigenvalue weighted by atomic mass is 32.2. The first-order valence-corrected chi connectivity index (χ1v) is 7.74. The van der Waals surface area contributed by atoms with Crippen LogP contribution in [0.3, 0.4) is 0 Å². The summed E-state index contributed by atoms with van der Waals surface area (Å²) in [4.78, 5) is 0. The molecule has 0 spiro atoms. The van der Waals surface area contributed by atoms with Crippen LogP contribution in [0.25, 0.3) is 0 Å². The summed E-state index contributed by atoms with van der Waals surface area (Å²) in [6, 6.07) is 0.463. The molecule has 5 heteroatoms. The molecule has 1 rings (SSSR count). The number of nitrogens with one attached hydrogen (secondary N) is 1. The molecule has 1 heterocycles. The Labute approximate surface area is 99.5 Å². The molecule has 1 fully saturated rings. The van der Waals surface area contributed by atoms with Crippen molar-refractivity contribution in [1.29, 1.82) is 0 Å². The van der Waals surface area contributed by atoms with Crippen LogP contribution in [-0.2, 0) is 10.0 Å². The lowest BCUT2D eigenvalue weighted by Gasteiger charge is -2.19. The minimum Gasteiger partial charge on any atom is -0.313 e. The van der Waals surface area contributed by atoms with Gasteiger partial charge in [0.15, 0.2) is 0 Å². The van der Waals surface area contributed by atoms with E-state index >= 15 is 0 Å². The van der Waals surface area contributed by atoms with Gasteiger partial charge in [-0.3, -0.25) is 0 Å². The second-order valence-electron chi connectivity index (χ2n) is 5.05. The minimum atomic E-state index is -2.91. The maximum atomic E-state index is 11.5. The third-order valence-electron chi connectivity index (χ3n) is 2.88. The fourth-order valence-electron chi connectivity index (χ4n) is 2.17. The SMILES string of the molecule is CC(C)CC(C)NCCN1CCCS1(=O)=O. The number of rotatable bonds is 6. The van der Waals surface area contributed by atoms with Crippen LogP contribution >= 0.6 is 0 Å². The topological polar surface area (TPSA) is 49.4 Å². The average Bonchev–Trinajstić information content (AvgIpc) is 2.44. The second kappa shape index (κ2) is 5.98. The summed E-state index contributed by atoms with van der Waals surface area (Å²) in [6.07, 6.45) is 1.91. The molecule has 1 atom stereocenters. The van der Waals surface area contributed by atoms with E-state index < -0.39 is 10.0 Å². The molecule has 0 bridgehead atoms. The standard InChI is InChI=1S/C11H24N2O2S/c1-10(2)9-11(3)12-5-7-13-6-4-8-16(13,14)15/h10-12H,4-9H2,1-3H3. The third kappa shape index (κ3) is 4.39. The molecule has 1 aliphatic heterocycles. The molecule has 0 saturated carbocycles. The zero-order chi connectivity index (χ0) is 12.2. The average molecular weight is 248 g/mol. The third-order valence-corrected chi connectivity index (χ3v) is 4.84. The Bertz CT molecular complexity index is 301. The Morgan fingerprint density at radius 1 is 1.31 bits per heavy atom. The number of sulfonamides is 1. The highest BCUT2D eigenvalue weighted by Crippen LogP contribution is 2.12. The van der Waals surface area contributed by atoms with Crippen LogP contribution in [0, 0.1) is 5.92 Å². The number of hydrogen-bond donors (Lipinski definition) is 1. The summed E-state index contributed by atoms with van der Waals surface area (Å²) in [6.45, 7) is 8.62. The van der Waals surface area contributed by atoms with E-state index in [9.17, 15) is 8.42 Å². The highest BCUT2D eigenvalue weighted by molar-refractivity contribution is 7.89. The normalized spacial score (nSPS) is 22.8. The van der Waals surface area contributed by atoms with E-state index in [0.29, 0.717) is 30.8 Å². The van der Waals surface area contributed by atoms with Crippen LogP contribution < -0.4 is 5.32 Å². The van der Waals surface area contributed by atoms with E-state index in [1.165, 1.54) is 0 Å². The summed E-state index contributed by atoms with van der Waals surface area (Å²) in [5, 5.41) is 3.37. The molecule has 0 aliphatic carbocycles. The van der Waals surface area contributed by atoms with Crippen molar-refractivity contribution in [3.05, 3.63) is 0 Å². The van der Waals surface area contributed by atoms with Crippen LogP contribution in [0.15, 0.2) is 0 Å². The molecule has 16 heavy (non-hydrogen) atoms. The molecule has 1 unspecified atom stereocenters. The molecular weight excluding hydrogens is 224 g/mol. The van der Waals surface area contributed by atoms with Crippen LogP contribution in [0.2, 0.25) is 0 Å². The van der Waals surface area contributed by atoms with E-state index in [0.717, 1.165) is 19.4 Å². The molecule has 1 N–H and O–H groups in total. The Kier molecular flexibility index (Phi) is 5.21. The summed E-state index contributed by atoms with van der Waals surface area (Å²) in [5.41, 5.74) is 0. The Hall–Kier alpha value is -0.130. The molecule has 0 radical (unpaired) electrons. The van der Waals surface area contributed by atoms with Crippen LogP contribution in [0.1, 0.15) is 33.6 Å². The summed E-state index contributed by atoms with van der Waals surface area (Å²) in [5.74, 6) is 1.01. The van der Waals surface area contributed by atoms with Crippen molar-refractivity contribution >= 4 is 10.0 Å². The predicted molar refractivity (Wildman–Crippen MR) is 66.9 cm³/mol. The fraction of sp³-hybridized carbons (Fsp3) is 1.00. The molecule has 96 valence electrons. The molecule has 1 aliphatic rings. The first-order valence-electron chi connectivity index (χ1n) is 6.13. The van der Waals surface area contributed by atoms with Gasteiger partial charge in [-0.1, -0.05) is 13.8 Å². The summed E-state index contributed by atoms with van der Waals surface area (Å²) >= 11 is 0. The van der Waals surface area contributed by atoms with Gasteiger partial charge in [-0.25, -0.2) is 12.7 Å². The molecule has 0 aromatic carbocycles. The van der Waals surface area contributed by atoms with Gasteiger partial charge in [0.25, 0.3) is 0 Å². The summed E-state index contributed by atoms with van der Waals surface area (Å²) in [7, 11) is -2.91. The molecule has 0 aromatic rings. The number of hydrogen-bond acceptors (Lipinski definition) is 3. The van der Waals surface area contributed by atoms with Gasteiger partial charge in [-0.05, 0) is 25.7 Å². The quantitative estimate of drug-likeness (QED) is 0.764. The van der Waals surface area contributed by atoms with Crippen LogP contribution in [0.4, 0.5) is 0 Å². The predicted octanol–water partition coefficient (Wildman–Crippen LogP) is 1.05. The van der Waals surface area contributed by atoms with Gasteiger partial charge in [-0.2, -0.15) is 0 Å². The first-order chi connectivity index (χ1) is 7.42. The molecule has 1 saturated heterocycles. The summed E-state index contributed by atoms with van der Waals surface area (Å²) < 4.78 is 24.6. The smallest absolute Gasteiger partial charge is 0.214 e.